The van der Waals surface area contributed by atoms with E-state index in [2.05, 4.69) is 52.7 Å². The van der Waals surface area contributed by atoms with Gasteiger partial charge in [-0.3, -0.25) is 4.79 Å². The fraction of sp³-hybridized carbons (Fsp3) is 0.458. The van der Waals surface area contributed by atoms with Gasteiger partial charge in [-0.05, 0) is 36.8 Å². The lowest BCUT2D eigenvalue weighted by Crippen LogP contribution is -2.50. The van der Waals surface area contributed by atoms with E-state index in [-0.39, 0.29) is 11.3 Å². The van der Waals surface area contributed by atoms with E-state index in [0.29, 0.717) is 18.4 Å². The number of hydrogen-bond donors (Lipinski definition) is 1. The highest BCUT2D eigenvalue weighted by Gasteiger charge is 2.51. The number of piperidine rings is 1. The molecule has 2 aromatic carbocycles. The van der Waals surface area contributed by atoms with Crippen molar-refractivity contribution in [2.24, 2.45) is 5.92 Å². The number of carbonyl (C=O) groups excluding carboxylic acids is 1. The molecule has 4 heteroatoms. The van der Waals surface area contributed by atoms with Crippen molar-refractivity contribution in [3.8, 4) is 5.75 Å². The van der Waals surface area contributed by atoms with Gasteiger partial charge in [0, 0.05) is 37.2 Å². The molecule has 28 heavy (non-hydrogen) atoms. The van der Waals surface area contributed by atoms with Gasteiger partial charge in [0.1, 0.15) is 5.75 Å². The van der Waals surface area contributed by atoms with Crippen molar-refractivity contribution in [1.82, 2.24) is 10.2 Å². The molecule has 0 saturated carbocycles. The Kier molecular flexibility index (Phi) is 4.59. The van der Waals surface area contributed by atoms with Gasteiger partial charge in [-0.2, -0.15) is 0 Å². The third kappa shape index (κ3) is 2.91. The Hall–Kier alpha value is -2.33. The Morgan fingerprint density at radius 1 is 1.04 bits per heavy atom. The molecule has 2 aromatic rings. The molecule has 0 aromatic heterocycles. The molecule has 1 N–H and O–H groups in total. The van der Waals surface area contributed by atoms with Crippen LogP contribution < -0.4 is 10.1 Å². The number of carbonyl (C=O) groups is 1. The van der Waals surface area contributed by atoms with Gasteiger partial charge in [0.2, 0.25) is 5.91 Å². The number of ether oxygens (including phenoxy) is 1. The normalized spacial score (nSPS) is 27.4. The van der Waals surface area contributed by atoms with E-state index >= 15 is 0 Å². The fourth-order valence-electron chi connectivity index (χ4n) is 5.49. The van der Waals surface area contributed by atoms with Crippen LogP contribution in [0, 0.1) is 5.92 Å². The van der Waals surface area contributed by atoms with E-state index in [4.69, 9.17) is 4.74 Å². The van der Waals surface area contributed by atoms with Crippen molar-refractivity contribution >= 4 is 5.91 Å². The minimum atomic E-state index is -0.123. The van der Waals surface area contributed by atoms with E-state index in [1.165, 1.54) is 11.1 Å². The van der Waals surface area contributed by atoms with E-state index in [1.54, 1.807) is 0 Å². The summed E-state index contributed by atoms with van der Waals surface area (Å²) in [5.41, 5.74) is 2.50. The van der Waals surface area contributed by atoms with Crippen LogP contribution in [0.4, 0.5) is 0 Å². The number of nitrogens with zero attached hydrogens (tertiary/aromatic N) is 1. The molecule has 1 spiro atoms. The second-order valence-electron chi connectivity index (χ2n) is 8.44. The van der Waals surface area contributed by atoms with Crippen molar-refractivity contribution in [1.29, 1.82) is 0 Å². The lowest BCUT2D eigenvalue weighted by molar-refractivity contribution is -0.138. The molecule has 1 amide bonds. The molecule has 3 aliphatic rings. The van der Waals surface area contributed by atoms with Crippen molar-refractivity contribution < 1.29 is 9.53 Å². The molecule has 0 bridgehead atoms. The molecule has 2 fully saturated rings. The summed E-state index contributed by atoms with van der Waals surface area (Å²) in [5.74, 6) is 1.86. The molecule has 3 heterocycles. The summed E-state index contributed by atoms with van der Waals surface area (Å²) in [6.07, 6.45) is 3.03. The Balaban J connectivity index is 1.34. The molecule has 0 aliphatic carbocycles. The Morgan fingerprint density at radius 3 is 2.61 bits per heavy atom. The van der Waals surface area contributed by atoms with Crippen molar-refractivity contribution in [3.05, 3.63) is 65.7 Å². The van der Waals surface area contributed by atoms with Gasteiger partial charge in [0.25, 0.3) is 0 Å². The molecule has 5 rings (SSSR count). The zero-order valence-electron chi connectivity index (χ0n) is 16.3. The summed E-state index contributed by atoms with van der Waals surface area (Å²) in [6.45, 7) is 4.06. The number of likely N-dealkylation sites (tertiary alicyclic amines) is 1. The molecule has 4 nitrogen and oxygen atoms in total. The minimum absolute atomic E-state index is 0.00539. The van der Waals surface area contributed by atoms with E-state index in [0.717, 1.165) is 51.2 Å². The third-order valence-electron chi connectivity index (χ3n) is 7.06. The van der Waals surface area contributed by atoms with E-state index in [1.807, 2.05) is 12.1 Å². The van der Waals surface area contributed by atoms with Crippen LogP contribution in [0.3, 0.4) is 0 Å². The van der Waals surface area contributed by atoms with Crippen LogP contribution in [-0.2, 0) is 10.2 Å². The summed E-state index contributed by atoms with van der Waals surface area (Å²) < 4.78 is 5.89. The van der Waals surface area contributed by atoms with E-state index in [9.17, 15) is 4.79 Å². The van der Waals surface area contributed by atoms with Crippen LogP contribution in [0.5, 0.6) is 5.75 Å². The molecule has 146 valence electrons. The van der Waals surface area contributed by atoms with E-state index < -0.39 is 0 Å². The first kappa shape index (κ1) is 17.7. The average molecular weight is 377 g/mol. The highest BCUT2D eigenvalue weighted by atomic mass is 16.5. The van der Waals surface area contributed by atoms with Gasteiger partial charge >= 0.3 is 0 Å². The maximum Gasteiger partial charge on any atom is 0.227 e. The van der Waals surface area contributed by atoms with Gasteiger partial charge in [-0.15, -0.1) is 0 Å². The SMILES string of the molecule is O=C(C1CNCC12CCOc1ccccc12)N1CCC(c2ccccc2)CC1. The number of nitrogens with one attached hydrogen (secondary N) is 1. The lowest BCUT2D eigenvalue weighted by Gasteiger charge is -2.42. The summed E-state index contributed by atoms with van der Waals surface area (Å²) in [5, 5.41) is 3.53. The molecule has 3 aliphatic heterocycles. The number of para-hydroxylation sites is 1. The number of hydrogen-bond acceptors (Lipinski definition) is 3. The van der Waals surface area contributed by atoms with Gasteiger partial charge < -0.3 is 15.0 Å². The minimum Gasteiger partial charge on any atom is -0.493 e. The lowest BCUT2D eigenvalue weighted by atomic mass is 9.68. The Morgan fingerprint density at radius 2 is 1.79 bits per heavy atom. The van der Waals surface area contributed by atoms with Crippen molar-refractivity contribution in [3.63, 3.8) is 0 Å². The molecular formula is C24H28N2O2. The van der Waals surface area contributed by atoms with Crippen LogP contribution in [0.25, 0.3) is 0 Å². The second-order valence-corrected chi connectivity index (χ2v) is 8.44. The van der Waals surface area contributed by atoms with Crippen molar-refractivity contribution in [2.45, 2.75) is 30.6 Å². The summed E-state index contributed by atoms with van der Waals surface area (Å²) >= 11 is 0. The first-order valence-corrected chi connectivity index (χ1v) is 10.5. The average Bonchev–Trinajstić information content (AvgIpc) is 3.18. The van der Waals surface area contributed by atoms with Crippen LogP contribution in [0.1, 0.15) is 36.3 Å². The third-order valence-corrected chi connectivity index (χ3v) is 7.06. The monoisotopic (exact) mass is 376 g/mol. The molecule has 2 saturated heterocycles. The quantitative estimate of drug-likeness (QED) is 0.874. The maximum atomic E-state index is 13.6. The second kappa shape index (κ2) is 7.25. The smallest absolute Gasteiger partial charge is 0.227 e. The zero-order chi connectivity index (χ0) is 19.0. The maximum absolute atomic E-state index is 13.6. The molecule has 0 radical (unpaired) electrons. The Labute approximate surface area is 166 Å². The Bertz CT molecular complexity index is 845. The van der Waals surface area contributed by atoms with Crippen LogP contribution in [-0.4, -0.2) is 43.6 Å². The number of rotatable bonds is 2. The predicted octanol–water partition coefficient (Wildman–Crippen LogP) is 3.33. The summed E-state index contributed by atoms with van der Waals surface area (Å²) in [4.78, 5) is 15.7. The molecule has 2 atom stereocenters. The standard InChI is InChI=1S/C24H28N2O2/c27-23(26-13-10-19(11-14-26)18-6-2-1-3-7-18)21-16-25-17-24(21)12-15-28-22-9-5-4-8-20(22)24/h1-9,19,21,25H,10-17H2. The topological polar surface area (TPSA) is 41.6 Å². The highest BCUT2D eigenvalue weighted by Crippen LogP contribution is 2.46. The largest absolute Gasteiger partial charge is 0.493 e. The van der Waals surface area contributed by atoms with Gasteiger partial charge in [-0.25, -0.2) is 0 Å². The number of benzene rings is 2. The van der Waals surface area contributed by atoms with Gasteiger partial charge in [0.15, 0.2) is 0 Å². The first-order chi connectivity index (χ1) is 13.8. The number of amides is 1. The first-order valence-electron chi connectivity index (χ1n) is 10.5. The van der Waals surface area contributed by atoms with Gasteiger partial charge in [-0.1, -0.05) is 48.5 Å². The fourth-order valence-corrected chi connectivity index (χ4v) is 5.49. The number of fused-ring (bicyclic) bond motifs is 2. The summed E-state index contributed by atoms with van der Waals surface area (Å²) in [6, 6.07) is 19.0. The zero-order valence-corrected chi connectivity index (χ0v) is 16.3. The highest BCUT2D eigenvalue weighted by molar-refractivity contribution is 5.82. The molecule has 2 unspecified atom stereocenters. The molecular weight excluding hydrogens is 348 g/mol. The predicted molar refractivity (Wildman–Crippen MR) is 110 cm³/mol. The van der Waals surface area contributed by atoms with Gasteiger partial charge in [0.05, 0.1) is 12.5 Å². The van der Waals surface area contributed by atoms with Crippen LogP contribution in [0.2, 0.25) is 0 Å². The van der Waals surface area contributed by atoms with Crippen LogP contribution in [0.15, 0.2) is 54.6 Å². The summed E-state index contributed by atoms with van der Waals surface area (Å²) in [7, 11) is 0. The van der Waals surface area contributed by atoms with Crippen LogP contribution >= 0.6 is 0 Å². The van der Waals surface area contributed by atoms with Crippen molar-refractivity contribution in [2.75, 3.05) is 32.8 Å².